The average molecular weight is 305 g/mol. The number of rotatable bonds is 2. The van der Waals surface area contributed by atoms with Gasteiger partial charge in [0.05, 0.1) is 13.2 Å². The van der Waals surface area contributed by atoms with Gasteiger partial charge >= 0.3 is 6.09 Å². The van der Waals surface area contributed by atoms with E-state index in [-0.39, 0.29) is 18.0 Å². The van der Waals surface area contributed by atoms with Crippen molar-refractivity contribution in [1.29, 1.82) is 0 Å². The first-order valence-electron chi connectivity index (χ1n) is 7.47. The van der Waals surface area contributed by atoms with Crippen LogP contribution in [-0.4, -0.2) is 42.1 Å². The lowest BCUT2D eigenvalue weighted by Gasteiger charge is -2.34. The van der Waals surface area contributed by atoms with Crippen LogP contribution in [0.2, 0.25) is 0 Å². The number of hydrogen-bond donors (Lipinski definition) is 0. The lowest BCUT2D eigenvalue weighted by Crippen LogP contribution is -2.44. The molecule has 120 valence electrons. The molecule has 1 aromatic carbocycles. The Kier molecular flexibility index (Phi) is 4.86. The molecule has 5 nitrogen and oxygen atoms in total. The zero-order chi connectivity index (χ0) is 16.3. The Labute approximate surface area is 131 Å². The van der Waals surface area contributed by atoms with Crippen molar-refractivity contribution in [3.05, 3.63) is 35.4 Å². The molecule has 1 heterocycles. The zero-order valence-electron chi connectivity index (χ0n) is 13.6. The average Bonchev–Trinajstić information content (AvgIpc) is 2.46. The van der Waals surface area contributed by atoms with Crippen LogP contribution in [0.15, 0.2) is 24.3 Å². The van der Waals surface area contributed by atoms with E-state index in [0.29, 0.717) is 25.3 Å². The van der Waals surface area contributed by atoms with Gasteiger partial charge < -0.3 is 14.4 Å². The van der Waals surface area contributed by atoms with Crippen molar-refractivity contribution in [1.82, 2.24) is 4.90 Å². The number of Topliss-reactive ketones (excluding diaryl/α,β-unsaturated/α-hetero) is 1. The summed E-state index contributed by atoms with van der Waals surface area (Å²) in [5, 5.41) is 0. The maximum Gasteiger partial charge on any atom is 0.410 e. The van der Waals surface area contributed by atoms with Crippen molar-refractivity contribution in [2.24, 2.45) is 0 Å². The highest BCUT2D eigenvalue weighted by atomic mass is 16.6. The number of ether oxygens (including phenoxy) is 2. The number of amides is 1. The third-order valence-electron chi connectivity index (χ3n) is 3.41. The topological polar surface area (TPSA) is 55.8 Å². The number of hydrogen-bond acceptors (Lipinski definition) is 4. The van der Waals surface area contributed by atoms with Crippen LogP contribution in [-0.2, 0) is 9.47 Å². The second-order valence-corrected chi connectivity index (χ2v) is 6.46. The number of carbonyl (C=O) groups excluding carboxylic acids is 2. The van der Waals surface area contributed by atoms with Gasteiger partial charge in [-0.25, -0.2) is 4.79 Å². The lowest BCUT2D eigenvalue weighted by molar-refractivity contribution is -0.0432. The van der Waals surface area contributed by atoms with Gasteiger partial charge in [-0.1, -0.05) is 24.3 Å². The van der Waals surface area contributed by atoms with Gasteiger partial charge in [-0.2, -0.15) is 0 Å². The van der Waals surface area contributed by atoms with Crippen LogP contribution in [0, 0.1) is 0 Å². The summed E-state index contributed by atoms with van der Waals surface area (Å²) < 4.78 is 11.1. The molecule has 0 saturated carbocycles. The van der Waals surface area contributed by atoms with Gasteiger partial charge in [0.1, 0.15) is 11.7 Å². The molecule has 1 aromatic rings. The predicted molar refractivity (Wildman–Crippen MR) is 82.9 cm³/mol. The summed E-state index contributed by atoms with van der Waals surface area (Å²) in [4.78, 5) is 25.1. The molecule has 1 aliphatic heterocycles. The number of morpholine rings is 1. The minimum atomic E-state index is -0.506. The minimum absolute atomic E-state index is 0.0338. The first kappa shape index (κ1) is 16.5. The van der Waals surface area contributed by atoms with Gasteiger partial charge in [-0.3, -0.25) is 4.79 Å². The minimum Gasteiger partial charge on any atom is -0.444 e. The molecule has 1 unspecified atom stereocenters. The molecule has 0 aromatic heterocycles. The molecule has 2 rings (SSSR count). The van der Waals surface area contributed by atoms with Crippen LogP contribution in [0.4, 0.5) is 4.79 Å². The Balaban J connectivity index is 2.04. The van der Waals surface area contributed by atoms with Crippen molar-refractivity contribution in [2.75, 3.05) is 19.7 Å². The molecule has 0 aliphatic carbocycles. The molecule has 0 spiro atoms. The molecule has 1 aliphatic rings. The molecule has 1 saturated heterocycles. The van der Waals surface area contributed by atoms with Gasteiger partial charge in [0, 0.05) is 12.1 Å². The van der Waals surface area contributed by atoms with E-state index in [9.17, 15) is 9.59 Å². The van der Waals surface area contributed by atoms with Gasteiger partial charge in [0.15, 0.2) is 5.78 Å². The summed E-state index contributed by atoms with van der Waals surface area (Å²) in [6.07, 6.45) is -0.511. The van der Waals surface area contributed by atoms with E-state index < -0.39 is 5.60 Å². The number of benzene rings is 1. The normalized spacial score (nSPS) is 18.9. The highest BCUT2D eigenvalue weighted by Gasteiger charge is 2.28. The third kappa shape index (κ3) is 4.31. The van der Waals surface area contributed by atoms with Gasteiger partial charge in [0.25, 0.3) is 0 Å². The lowest BCUT2D eigenvalue weighted by atomic mass is 10.0. The van der Waals surface area contributed by atoms with Crippen LogP contribution < -0.4 is 0 Å². The highest BCUT2D eigenvalue weighted by Crippen LogP contribution is 2.24. The molecule has 5 heteroatoms. The van der Waals surface area contributed by atoms with Crippen molar-refractivity contribution in [3.8, 4) is 0 Å². The van der Waals surface area contributed by atoms with Crippen LogP contribution in [0.25, 0.3) is 0 Å². The fourth-order valence-electron chi connectivity index (χ4n) is 2.28. The number of carbonyl (C=O) groups is 2. The van der Waals surface area contributed by atoms with E-state index in [0.717, 1.165) is 5.56 Å². The molecule has 0 radical (unpaired) electrons. The summed E-state index contributed by atoms with van der Waals surface area (Å²) in [6, 6.07) is 7.32. The molecular formula is C17H23NO4. The Morgan fingerprint density at radius 1 is 1.23 bits per heavy atom. The van der Waals surface area contributed by atoms with E-state index in [2.05, 4.69) is 0 Å². The largest absolute Gasteiger partial charge is 0.444 e. The van der Waals surface area contributed by atoms with Crippen LogP contribution in [0.5, 0.6) is 0 Å². The first-order valence-corrected chi connectivity index (χ1v) is 7.47. The first-order chi connectivity index (χ1) is 10.3. The number of nitrogens with zero attached hydrogens (tertiary/aromatic N) is 1. The van der Waals surface area contributed by atoms with Crippen molar-refractivity contribution in [3.63, 3.8) is 0 Å². The monoisotopic (exact) mass is 305 g/mol. The third-order valence-corrected chi connectivity index (χ3v) is 3.41. The number of ketones is 1. The summed E-state index contributed by atoms with van der Waals surface area (Å²) in [5.74, 6) is 0.0338. The van der Waals surface area contributed by atoms with Crippen LogP contribution >= 0.6 is 0 Å². The molecule has 1 fully saturated rings. The Hall–Kier alpha value is -1.88. The molecule has 1 amide bonds. The molecule has 22 heavy (non-hydrogen) atoms. The van der Waals surface area contributed by atoms with Gasteiger partial charge in [0.2, 0.25) is 0 Å². The predicted octanol–water partition coefficient (Wildman–Crippen LogP) is 3.20. The van der Waals surface area contributed by atoms with E-state index >= 15 is 0 Å². The fraction of sp³-hybridized carbons (Fsp3) is 0.529. The Morgan fingerprint density at radius 3 is 2.41 bits per heavy atom. The SMILES string of the molecule is CC(=O)c1ccc(C2CN(C(=O)OC(C)(C)C)CCO2)cc1. The maximum atomic E-state index is 12.1. The molecule has 0 bridgehead atoms. The van der Waals surface area contributed by atoms with Crippen molar-refractivity contribution < 1.29 is 19.1 Å². The summed E-state index contributed by atoms with van der Waals surface area (Å²) in [5.41, 5.74) is 1.12. The van der Waals surface area contributed by atoms with Crippen molar-refractivity contribution in [2.45, 2.75) is 39.4 Å². The second-order valence-electron chi connectivity index (χ2n) is 6.46. The standard InChI is InChI=1S/C17H23NO4/c1-12(19)13-5-7-14(8-6-13)15-11-18(9-10-21-15)16(20)22-17(2,3)4/h5-8,15H,9-11H2,1-4H3. The molecule has 0 N–H and O–H groups in total. The Bertz CT molecular complexity index is 545. The van der Waals surface area contributed by atoms with Crippen LogP contribution in [0.3, 0.4) is 0 Å². The molecular weight excluding hydrogens is 282 g/mol. The zero-order valence-corrected chi connectivity index (χ0v) is 13.6. The quantitative estimate of drug-likeness (QED) is 0.787. The van der Waals surface area contributed by atoms with Gasteiger partial charge in [-0.05, 0) is 33.3 Å². The van der Waals surface area contributed by atoms with E-state index in [1.165, 1.54) is 6.92 Å². The Morgan fingerprint density at radius 2 is 1.86 bits per heavy atom. The summed E-state index contributed by atoms with van der Waals surface area (Å²) >= 11 is 0. The van der Waals surface area contributed by atoms with E-state index in [1.54, 1.807) is 17.0 Å². The smallest absolute Gasteiger partial charge is 0.410 e. The van der Waals surface area contributed by atoms with E-state index in [4.69, 9.17) is 9.47 Å². The van der Waals surface area contributed by atoms with Crippen molar-refractivity contribution >= 4 is 11.9 Å². The van der Waals surface area contributed by atoms with Crippen LogP contribution in [0.1, 0.15) is 49.7 Å². The van der Waals surface area contributed by atoms with E-state index in [1.807, 2.05) is 32.9 Å². The summed E-state index contributed by atoms with van der Waals surface area (Å²) in [7, 11) is 0. The van der Waals surface area contributed by atoms with Gasteiger partial charge in [-0.15, -0.1) is 0 Å². The molecule has 1 atom stereocenters. The second kappa shape index (κ2) is 6.48. The fourth-order valence-corrected chi connectivity index (χ4v) is 2.28. The maximum absolute atomic E-state index is 12.1. The summed E-state index contributed by atoms with van der Waals surface area (Å²) in [6.45, 7) is 8.54. The highest BCUT2D eigenvalue weighted by molar-refractivity contribution is 5.94.